The van der Waals surface area contributed by atoms with Crippen molar-refractivity contribution in [2.45, 2.75) is 12.8 Å². The van der Waals surface area contributed by atoms with E-state index in [4.69, 9.17) is 5.73 Å². The second-order valence-electron chi connectivity index (χ2n) is 4.60. The number of hydrogen-bond acceptors (Lipinski definition) is 6. The van der Waals surface area contributed by atoms with Crippen LogP contribution in [0.4, 0.5) is 11.5 Å². The first-order valence-corrected chi connectivity index (χ1v) is 6.47. The van der Waals surface area contributed by atoms with Gasteiger partial charge in [-0.3, -0.25) is 4.79 Å². The fourth-order valence-corrected chi connectivity index (χ4v) is 2.13. The van der Waals surface area contributed by atoms with Crippen LogP contribution in [0.5, 0.6) is 0 Å². The SMILES string of the molecule is COC(=O)c1cc(N)cnc1NCC(=O)N1CCCC1. The highest BCUT2D eigenvalue weighted by Crippen LogP contribution is 2.16. The van der Waals surface area contributed by atoms with Gasteiger partial charge in [0.15, 0.2) is 0 Å². The maximum absolute atomic E-state index is 11.9. The Morgan fingerprint density at radius 3 is 2.80 bits per heavy atom. The van der Waals surface area contributed by atoms with Crippen molar-refractivity contribution in [3.8, 4) is 0 Å². The second kappa shape index (κ2) is 6.23. The van der Waals surface area contributed by atoms with Crippen LogP contribution in [0.25, 0.3) is 0 Å². The van der Waals surface area contributed by atoms with Crippen LogP contribution in [0.1, 0.15) is 23.2 Å². The van der Waals surface area contributed by atoms with Gasteiger partial charge in [0.25, 0.3) is 0 Å². The molecule has 1 aromatic rings. The summed E-state index contributed by atoms with van der Waals surface area (Å²) in [5, 5.41) is 2.87. The molecule has 108 valence electrons. The van der Waals surface area contributed by atoms with Crippen molar-refractivity contribution >= 4 is 23.4 Å². The van der Waals surface area contributed by atoms with Gasteiger partial charge in [0, 0.05) is 13.1 Å². The number of nitrogens with two attached hydrogens (primary N) is 1. The van der Waals surface area contributed by atoms with Crippen LogP contribution in [-0.4, -0.2) is 48.5 Å². The number of nitrogens with one attached hydrogen (secondary N) is 1. The number of methoxy groups -OCH3 is 1. The molecule has 0 spiro atoms. The molecule has 1 aliphatic rings. The van der Waals surface area contributed by atoms with Crippen molar-refractivity contribution in [2.24, 2.45) is 0 Å². The van der Waals surface area contributed by atoms with Crippen LogP contribution in [0.15, 0.2) is 12.3 Å². The molecule has 1 saturated heterocycles. The maximum atomic E-state index is 11.9. The normalized spacial score (nSPS) is 14.2. The number of anilines is 2. The third kappa shape index (κ3) is 3.17. The average Bonchev–Trinajstić information content (AvgIpc) is 2.99. The summed E-state index contributed by atoms with van der Waals surface area (Å²) in [5.74, 6) is -0.239. The number of pyridine rings is 1. The van der Waals surface area contributed by atoms with Crippen molar-refractivity contribution in [3.63, 3.8) is 0 Å². The van der Waals surface area contributed by atoms with Crippen molar-refractivity contribution in [3.05, 3.63) is 17.8 Å². The highest BCUT2D eigenvalue weighted by molar-refractivity contribution is 5.96. The maximum Gasteiger partial charge on any atom is 0.341 e. The molecular weight excluding hydrogens is 260 g/mol. The van der Waals surface area contributed by atoms with Crippen molar-refractivity contribution in [2.75, 3.05) is 37.8 Å². The molecular formula is C13H18N4O3. The van der Waals surface area contributed by atoms with Crippen molar-refractivity contribution in [1.29, 1.82) is 0 Å². The molecule has 0 aliphatic carbocycles. The van der Waals surface area contributed by atoms with Gasteiger partial charge in [0.1, 0.15) is 11.4 Å². The van der Waals surface area contributed by atoms with E-state index in [0.29, 0.717) is 11.5 Å². The molecule has 7 nitrogen and oxygen atoms in total. The molecule has 2 heterocycles. The Bertz CT molecular complexity index is 512. The van der Waals surface area contributed by atoms with E-state index in [1.165, 1.54) is 19.4 Å². The van der Waals surface area contributed by atoms with Gasteiger partial charge < -0.3 is 20.7 Å². The number of likely N-dealkylation sites (tertiary alicyclic amines) is 1. The van der Waals surface area contributed by atoms with Gasteiger partial charge in [-0.05, 0) is 18.9 Å². The lowest BCUT2D eigenvalue weighted by Crippen LogP contribution is -2.33. The number of hydrogen-bond donors (Lipinski definition) is 2. The Labute approximate surface area is 117 Å². The topological polar surface area (TPSA) is 97.5 Å². The smallest absolute Gasteiger partial charge is 0.341 e. The van der Waals surface area contributed by atoms with E-state index in [2.05, 4.69) is 15.0 Å². The number of carbonyl (C=O) groups excluding carboxylic acids is 2. The minimum atomic E-state index is -0.541. The lowest BCUT2D eigenvalue weighted by Gasteiger charge is -2.16. The van der Waals surface area contributed by atoms with Crippen LogP contribution in [-0.2, 0) is 9.53 Å². The van der Waals surface area contributed by atoms with Gasteiger partial charge in [-0.1, -0.05) is 0 Å². The Kier molecular flexibility index (Phi) is 4.39. The van der Waals surface area contributed by atoms with E-state index in [1.807, 2.05) is 0 Å². The van der Waals surface area contributed by atoms with E-state index >= 15 is 0 Å². The summed E-state index contributed by atoms with van der Waals surface area (Å²) in [7, 11) is 1.28. The van der Waals surface area contributed by atoms with Crippen molar-refractivity contribution < 1.29 is 14.3 Å². The van der Waals surface area contributed by atoms with E-state index in [9.17, 15) is 9.59 Å². The second-order valence-corrected chi connectivity index (χ2v) is 4.60. The number of amides is 1. The van der Waals surface area contributed by atoms with E-state index in [0.717, 1.165) is 25.9 Å². The Hall–Kier alpha value is -2.31. The van der Waals surface area contributed by atoms with Gasteiger partial charge >= 0.3 is 5.97 Å². The Balaban J connectivity index is 2.05. The summed E-state index contributed by atoms with van der Waals surface area (Å²) < 4.78 is 4.67. The summed E-state index contributed by atoms with van der Waals surface area (Å²) >= 11 is 0. The quantitative estimate of drug-likeness (QED) is 0.778. The number of esters is 1. The zero-order chi connectivity index (χ0) is 14.5. The monoisotopic (exact) mass is 278 g/mol. The van der Waals surface area contributed by atoms with Crippen LogP contribution >= 0.6 is 0 Å². The molecule has 0 saturated carbocycles. The number of aromatic nitrogens is 1. The highest BCUT2D eigenvalue weighted by atomic mass is 16.5. The van der Waals surface area contributed by atoms with Crippen LogP contribution in [0, 0.1) is 0 Å². The molecule has 0 radical (unpaired) electrons. The summed E-state index contributed by atoms with van der Waals surface area (Å²) in [6.07, 6.45) is 3.51. The van der Waals surface area contributed by atoms with E-state index < -0.39 is 5.97 Å². The molecule has 7 heteroatoms. The largest absolute Gasteiger partial charge is 0.465 e. The third-order valence-electron chi connectivity index (χ3n) is 3.18. The number of nitrogens with zero attached hydrogens (tertiary/aromatic N) is 2. The third-order valence-corrected chi connectivity index (χ3v) is 3.18. The van der Waals surface area contributed by atoms with Gasteiger partial charge in [-0.15, -0.1) is 0 Å². The molecule has 1 amide bonds. The molecule has 0 atom stereocenters. The first kappa shape index (κ1) is 14.1. The number of carbonyl (C=O) groups is 2. The summed E-state index contributed by atoms with van der Waals surface area (Å²) in [6, 6.07) is 1.47. The predicted octanol–water partition coefficient (Wildman–Crippen LogP) is 0.485. The van der Waals surface area contributed by atoms with Crippen molar-refractivity contribution in [1.82, 2.24) is 9.88 Å². The highest BCUT2D eigenvalue weighted by Gasteiger charge is 2.19. The molecule has 2 rings (SSSR count). The van der Waals surface area contributed by atoms with Gasteiger partial charge in [-0.25, -0.2) is 9.78 Å². The Morgan fingerprint density at radius 1 is 1.45 bits per heavy atom. The van der Waals surface area contributed by atoms with Gasteiger partial charge in [0.2, 0.25) is 5.91 Å². The summed E-state index contributed by atoms with van der Waals surface area (Å²) in [4.78, 5) is 29.4. The lowest BCUT2D eigenvalue weighted by atomic mass is 10.2. The first-order valence-electron chi connectivity index (χ1n) is 6.47. The zero-order valence-corrected chi connectivity index (χ0v) is 11.4. The molecule has 0 bridgehead atoms. The van der Waals surface area contributed by atoms with E-state index in [-0.39, 0.29) is 18.0 Å². The number of rotatable bonds is 4. The molecule has 0 aromatic carbocycles. The number of ether oxygens (including phenoxy) is 1. The molecule has 1 fully saturated rings. The first-order chi connectivity index (χ1) is 9.61. The molecule has 20 heavy (non-hydrogen) atoms. The van der Waals surface area contributed by atoms with Crippen LogP contribution < -0.4 is 11.1 Å². The minimum absolute atomic E-state index is 0.00283. The fourth-order valence-electron chi connectivity index (χ4n) is 2.13. The van der Waals surface area contributed by atoms with Gasteiger partial charge in [-0.2, -0.15) is 0 Å². The summed E-state index contributed by atoms with van der Waals surface area (Å²) in [5.41, 5.74) is 6.19. The summed E-state index contributed by atoms with van der Waals surface area (Å²) in [6.45, 7) is 1.68. The minimum Gasteiger partial charge on any atom is -0.465 e. The van der Waals surface area contributed by atoms with Gasteiger partial charge in [0.05, 0.1) is 25.5 Å². The average molecular weight is 278 g/mol. The molecule has 0 unspecified atom stereocenters. The fraction of sp³-hybridized carbons (Fsp3) is 0.462. The van der Waals surface area contributed by atoms with E-state index in [1.54, 1.807) is 4.90 Å². The van der Waals surface area contributed by atoms with Crippen LogP contribution in [0.2, 0.25) is 0 Å². The molecule has 1 aliphatic heterocycles. The van der Waals surface area contributed by atoms with Crippen LogP contribution in [0.3, 0.4) is 0 Å². The standard InChI is InChI=1S/C13H18N4O3/c1-20-13(19)10-6-9(14)7-15-12(10)16-8-11(18)17-4-2-3-5-17/h6-7H,2-5,8,14H2,1H3,(H,15,16). The Morgan fingerprint density at radius 2 is 2.15 bits per heavy atom. The predicted molar refractivity (Wildman–Crippen MR) is 74.3 cm³/mol. The lowest BCUT2D eigenvalue weighted by molar-refractivity contribution is -0.128. The molecule has 1 aromatic heterocycles. The number of nitrogen functional groups attached to an aromatic ring is 1. The zero-order valence-electron chi connectivity index (χ0n) is 11.4. The molecule has 3 N–H and O–H groups in total.